The first-order chi connectivity index (χ1) is 5.33. The maximum absolute atomic E-state index is 4.90. The Kier molecular flexibility index (Phi) is 3.51. The van der Waals surface area contributed by atoms with Crippen LogP contribution in [-0.4, -0.2) is 28.9 Å². The van der Waals surface area contributed by atoms with Crippen molar-refractivity contribution >= 4 is 15.9 Å². The standard InChI is InChI=1S/C6H10BrN3O/c1-11-4-2-3-5-8-6(7)10-9-5/h2-4H2,1H3,(H,8,9,10). The van der Waals surface area contributed by atoms with Crippen molar-refractivity contribution in [3.8, 4) is 0 Å². The van der Waals surface area contributed by atoms with E-state index in [2.05, 4.69) is 31.1 Å². The highest BCUT2D eigenvalue weighted by Gasteiger charge is 1.98. The van der Waals surface area contributed by atoms with Crippen LogP contribution in [0.5, 0.6) is 0 Å². The fourth-order valence-corrected chi connectivity index (χ4v) is 1.07. The Morgan fingerprint density at radius 3 is 3.00 bits per heavy atom. The molecule has 0 aliphatic carbocycles. The van der Waals surface area contributed by atoms with Gasteiger partial charge in [-0.25, -0.2) is 4.98 Å². The van der Waals surface area contributed by atoms with Gasteiger partial charge in [-0.15, -0.1) is 5.10 Å². The Hall–Kier alpha value is -0.420. The van der Waals surface area contributed by atoms with Crippen LogP contribution in [0.15, 0.2) is 4.73 Å². The highest BCUT2D eigenvalue weighted by Crippen LogP contribution is 2.02. The number of methoxy groups -OCH3 is 1. The van der Waals surface area contributed by atoms with Crippen molar-refractivity contribution in [1.29, 1.82) is 0 Å². The third-order valence-electron chi connectivity index (χ3n) is 1.27. The molecule has 1 aromatic rings. The number of aryl methyl sites for hydroxylation is 1. The minimum atomic E-state index is 0.616. The number of rotatable bonds is 4. The molecular formula is C6H10BrN3O. The van der Waals surface area contributed by atoms with Crippen molar-refractivity contribution in [2.75, 3.05) is 13.7 Å². The second kappa shape index (κ2) is 4.46. The Labute approximate surface area is 73.5 Å². The zero-order valence-electron chi connectivity index (χ0n) is 6.30. The lowest BCUT2D eigenvalue weighted by molar-refractivity contribution is 0.194. The summed E-state index contributed by atoms with van der Waals surface area (Å²) < 4.78 is 5.51. The molecule has 1 aromatic heterocycles. The van der Waals surface area contributed by atoms with Crippen LogP contribution in [-0.2, 0) is 11.2 Å². The van der Waals surface area contributed by atoms with Crippen molar-refractivity contribution in [3.05, 3.63) is 10.6 Å². The average molecular weight is 220 g/mol. The number of aromatic nitrogens is 3. The number of aromatic amines is 1. The molecule has 1 rings (SSSR count). The molecule has 0 bridgehead atoms. The summed E-state index contributed by atoms with van der Waals surface area (Å²) >= 11 is 3.16. The molecule has 0 spiro atoms. The van der Waals surface area contributed by atoms with E-state index in [1.165, 1.54) is 0 Å². The van der Waals surface area contributed by atoms with E-state index in [0.717, 1.165) is 25.3 Å². The van der Waals surface area contributed by atoms with Gasteiger partial charge in [0.05, 0.1) is 0 Å². The molecule has 0 aliphatic rings. The third kappa shape index (κ3) is 2.98. The van der Waals surface area contributed by atoms with Crippen molar-refractivity contribution in [2.45, 2.75) is 12.8 Å². The first-order valence-corrected chi connectivity index (χ1v) is 4.18. The summed E-state index contributed by atoms with van der Waals surface area (Å²) in [6, 6.07) is 0. The fraction of sp³-hybridized carbons (Fsp3) is 0.667. The minimum absolute atomic E-state index is 0.616. The first-order valence-electron chi connectivity index (χ1n) is 3.38. The van der Waals surface area contributed by atoms with E-state index in [9.17, 15) is 0 Å². The van der Waals surface area contributed by atoms with Crippen LogP contribution in [0.2, 0.25) is 0 Å². The molecule has 0 radical (unpaired) electrons. The molecule has 0 aromatic carbocycles. The number of H-pyrrole nitrogens is 1. The van der Waals surface area contributed by atoms with Crippen LogP contribution in [0, 0.1) is 0 Å². The minimum Gasteiger partial charge on any atom is -0.385 e. The molecular weight excluding hydrogens is 210 g/mol. The summed E-state index contributed by atoms with van der Waals surface area (Å²) in [6.07, 6.45) is 1.85. The molecule has 0 fully saturated rings. The number of nitrogens with zero attached hydrogens (tertiary/aromatic N) is 2. The van der Waals surface area contributed by atoms with Gasteiger partial charge in [-0.05, 0) is 22.4 Å². The number of halogens is 1. The van der Waals surface area contributed by atoms with Crippen LogP contribution in [0.1, 0.15) is 12.2 Å². The lowest BCUT2D eigenvalue weighted by Gasteiger charge is -1.94. The van der Waals surface area contributed by atoms with E-state index in [-0.39, 0.29) is 0 Å². The normalized spacial score (nSPS) is 10.4. The van der Waals surface area contributed by atoms with E-state index in [1.807, 2.05) is 0 Å². The monoisotopic (exact) mass is 219 g/mol. The van der Waals surface area contributed by atoms with Crippen LogP contribution >= 0.6 is 15.9 Å². The Bertz CT molecular complexity index is 213. The van der Waals surface area contributed by atoms with Gasteiger partial charge in [0.2, 0.25) is 4.73 Å². The summed E-state index contributed by atoms with van der Waals surface area (Å²) in [4.78, 5) is 4.08. The van der Waals surface area contributed by atoms with E-state index < -0.39 is 0 Å². The Balaban J connectivity index is 2.27. The van der Waals surface area contributed by atoms with Gasteiger partial charge in [0.25, 0.3) is 0 Å². The molecule has 0 saturated carbocycles. The topological polar surface area (TPSA) is 50.8 Å². The fourth-order valence-electron chi connectivity index (χ4n) is 0.768. The average Bonchev–Trinajstić information content (AvgIpc) is 2.37. The number of hydrogen-bond acceptors (Lipinski definition) is 3. The smallest absolute Gasteiger partial charge is 0.217 e. The molecule has 1 N–H and O–H groups in total. The van der Waals surface area contributed by atoms with Crippen LogP contribution in [0.4, 0.5) is 0 Å². The highest BCUT2D eigenvalue weighted by atomic mass is 79.9. The van der Waals surface area contributed by atoms with Crippen LogP contribution in [0.25, 0.3) is 0 Å². The summed E-state index contributed by atoms with van der Waals surface area (Å²) in [6.45, 7) is 0.762. The van der Waals surface area contributed by atoms with Gasteiger partial charge in [-0.2, -0.15) is 0 Å². The van der Waals surface area contributed by atoms with Crippen LogP contribution in [0.3, 0.4) is 0 Å². The molecule has 0 unspecified atom stereocenters. The SMILES string of the molecule is COCCCc1nc(Br)n[nH]1. The van der Waals surface area contributed by atoms with E-state index >= 15 is 0 Å². The largest absolute Gasteiger partial charge is 0.385 e. The molecule has 62 valence electrons. The molecule has 5 heteroatoms. The molecule has 0 aliphatic heterocycles. The highest BCUT2D eigenvalue weighted by molar-refractivity contribution is 9.10. The first kappa shape index (κ1) is 8.67. The lowest BCUT2D eigenvalue weighted by atomic mass is 10.3. The van der Waals surface area contributed by atoms with Gasteiger partial charge in [0.15, 0.2) is 0 Å². The summed E-state index contributed by atoms with van der Waals surface area (Å²) in [5.74, 6) is 0.897. The van der Waals surface area contributed by atoms with Crippen molar-refractivity contribution < 1.29 is 4.74 Å². The molecule has 11 heavy (non-hydrogen) atoms. The molecule has 1 heterocycles. The lowest BCUT2D eigenvalue weighted by Crippen LogP contribution is -1.94. The predicted octanol–water partition coefficient (Wildman–Crippen LogP) is 1.15. The Morgan fingerprint density at radius 1 is 1.64 bits per heavy atom. The number of nitrogens with one attached hydrogen (secondary N) is 1. The van der Waals surface area contributed by atoms with Gasteiger partial charge in [-0.3, -0.25) is 5.10 Å². The Morgan fingerprint density at radius 2 is 2.45 bits per heavy atom. The van der Waals surface area contributed by atoms with Crippen molar-refractivity contribution in [2.24, 2.45) is 0 Å². The van der Waals surface area contributed by atoms with E-state index in [1.54, 1.807) is 7.11 Å². The van der Waals surface area contributed by atoms with E-state index in [4.69, 9.17) is 4.74 Å². The van der Waals surface area contributed by atoms with Crippen molar-refractivity contribution in [1.82, 2.24) is 15.2 Å². The number of ether oxygens (including phenoxy) is 1. The maximum Gasteiger partial charge on any atom is 0.217 e. The zero-order chi connectivity index (χ0) is 8.10. The van der Waals surface area contributed by atoms with Gasteiger partial charge < -0.3 is 4.74 Å². The maximum atomic E-state index is 4.90. The van der Waals surface area contributed by atoms with Crippen molar-refractivity contribution in [3.63, 3.8) is 0 Å². The van der Waals surface area contributed by atoms with Gasteiger partial charge >= 0.3 is 0 Å². The molecule has 0 saturated heterocycles. The second-order valence-corrected chi connectivity index (χ2v) is 2.86. The molecule has 4 nitrogen and oxygen atoms in total. The second-order valence-electron chi connectivity index (χ2n) is 2.15. The quantitative estimate of drug-likeness (QED) is 0.774. The van der Waals surface area contributed by atoms with Crippen LogP contribution < -0.4 is 0 Å². The summed E-state index contributed by atoms with van der Waals surface area (Å²) in [5.41, 5.74) is 0. The van der Waals surface area contributed by atoms with Gasteiger partial charge in [0, 0.05) is 20.1 Å². The number of hydrogen-bond donors (Lipinski definition) is 1. The molecule has 0 atom stereocenters. The summed E-state index contributed by atoms with van der Waals surface area (Å²) in [7, 11) is 1.69. The third-order valence-corrected chi connectivity index (χ3v) is 1.62. The predicted molar refractivity (Wildman–Crippen MR) is 44.3 cm³/mol. The summed E-state index contributed by atoms with van der Waals surface area (Å²) in [5, 5.41) is 6.64. The molecule has 0 amide bonds. The van der Waals surface area contributed by atoms with Gasteiger partial charge in [0.1, 0.15) is 5.82 Å². The van der Waals surface area contributed by atoms with Gasteiger partial charge in [-0.1, -0.05) is 0 Å². The van der Waals surface area contributed by atoms with E-state index in [0.29, 0.717) is 4.73 Å². The zero-order valence-corrected chi connectivity index (χ0v) is 7.89.